The highest BCUT2D eigenvalue weighted by Gasteiger charge is 2.23. The molecule has 11 heavy (non-hydrogen) atoms. The number of nitrogens with zero attached hydrogens (tertiary/aromatic N) is 2. The van der Waals surface area contributed by atoms with Crippen molar-refractivity contribution in [3.05, 3.63) is 16.6 Å². The molecule has 1 aromatic heterocycles. The van der Waals surface area contributed by atoms with Crippen LogP contribution in [-0.2, 0) is 6.54 Å². The average Bonchev–Trinajstić information content (AvgIpc) is 2.74. The zero-order chi connectivity index (χ0) is 7.84. The Kier molecular flexibility index (Phi) is 1.81. The van der Waals surface area contributed by atoms with E-state index >= 15 is 0 Å². The van der Waals surface area contributed by atoms with Gasteiger partial charge in [0.15, 0.2) is 11.5 Å². The highest BCUT2D eigenvalue weighted by Crippen LogP contribution is 2.32. The van der Waals surface area contributed by atoms with Crippen molar-refractivity contribution in [1.29, 1.82) is 0 Å². The first-order chi connectivity index (χ1) is 5.27. The van der Waals surface area contributed by atoms with Crippen LogP contribution in [0.5, 0.6) is 0 Å². The van der Waals surface area contributed by atoms with E-state index < -0.39 is 0 Å². The smallest absolute Gasteiger partial charge is 0.179 e. The molecule has 0 aliphatic heterocycles. The van der Waals surface area contributed by atoms with E-state index in [9.17, 15) is 0 Å². The molecule has 0 atom stereocenters. The summed E-state index contributed by atoms with van der Waals surface area (Å²) in [5.41, 5.74) is 0. The minimum Gasteiger partial charge on any atom is -0.311 e. The molecule has 1 saturated carbocycles. The molecule has 0 spiro atoms. The minimum atomic E-state index is 0.354. The van der Waals surface area contributed by atoms with Gasteiger partial charge in [0.1, 0.15) is 5.15 Å². The fraction of sp³-hybridized carbons (Fsp3) is 0.571. The Morgan fingerprint density at radius 2 is 2.27 bits per heavy atom. The van der Waals surface area contributed by atoms with Crippen LogP contribution in [0, 0.1) is 12.2 Å². The Morgan fingerprint density at radius 3 is 2.73 bits per heavy atom. The van der Waals surface area contributed by atoms with E-state index in [0.717, 1.165) is 12.5 Å². The molecular formula is C7H7Cl2N2. The van der Waals surface area contributed by atoms with E-state index in [1.54, 1.807) is 4.57 Å². The fourth-order valence-corrected chi connectivity index (χ4v) is 1.27. The summed E-state index contributed by atoms with van der Waals surface area (Å²) in [6.07, 6.45) is 5.33. The Bertz CT molecular complexity index is 265. The van der Waals surface area contributed by atoms with Crippen molar-refractivity contribution in [2.24, 2.45) is 5.92 Å². The summed E-state index contributed by atoms with van der Waals surface area (Å²) in [4.78, 5) is 3.77. The molecule has 0 saturated heterocycles. The van der Waals surface area contributed by atoms with Crippen LogP contribution < -0.4 is 0 Å². The third-order valence-corrected chi connectivity index (χ3v) is 2.56. The quantitative estimate of drug-likeness (QED) is 0.700. The molecule has 4 heteroatoms. The molecule has 59 valence electrons. The molecule has 0 amide bonds. The van der Waals surface area contributed by atoms with Crippen LogP contribution in [0.4, 0.5) is 0 Å². The third kappa shape index (κ3) is 1.52. The maximum Gasteiger partial charge on any atom is 0.179 e. The summed E-state index contributed by atoms with van der Waals surface area (Å²) in [7, 11) is 0. The summed E-state index contributed by atoms with van der Waals surface area (Å²) >= 11 is 11.5. The van der Waals surface area contributed by atoms with E-state index in [1.807, 2.05) is 0 Å². The van der Waals surface area contributed by atoms with Gasteiger partial charge in [-0.05, 0) is 18.8 Å². The van der Waals surface area contributed by atoms with Gasteiger partial charge in [0, 0.05) is 6.54 Å². The molecular weight excluding hydrogens is 183 g/mol. The molecule has 0 bridgehead atoms. The van der Waals surface area contributed by atoms with E-state index in [4.69, 9.17) is 23.2 Å². The lowest BCUT2D eigenvalue weighted by Gasteiger charge is -1.98. The minimum absolute atomic E-state index is 0.354. The molecule has 1 heterocycles. The number of hydrogen-bond donors (Lipinski definition) is 0. The van der Waals surface area contributed by atoms with Gasteiger partial charge >= 0.3 is 0 Å². The first kappa shape index (κ1) is 7.44. The molecule has 2 rings (SSSR count). The molecule has 0 unspecified atom stereocenters. The largest absolute Gasteiger partial charge is 0.311 e. The second-order valence-corrected chi connectivity index (χ2v) is 3.56. The Balaban J connectivity index is 2.15. The second kappa shape index (κ2) is 2.68. The summed E-state index contributed by atoms with van der Waals surface area (Å²) in [5.74, 6) is 0.772. The second-order valence-electron chi connectivity index (χ2n) is 2.85. The van der Waals surface area contributed by atoms with E-state index in [1.165, 1.54) is 12.8 Å². The number of rotatable bonds is 2. The van der Waals surface area contributed by atoms with Crippen LogP contribution >= 0.6 is 23.2 Å². The van der Waals surface area contributed by atoms with Crippen LogP contribution in [0.3, 0.4) is 0 Å². The number of halogens is 2. The summed E-state index contributed by atoms with van der Waals surface area (Å²) in [6, 6.07) is 0. The molecule has 1 radical (unpaired) electrons. The van der Waals surface area contributed by atoms with E-state index in [0.29, 0.717) is 10.3 Å². The summed E-state index contributed by atoms with van der Waals surface area (Å²) in [6.45, 7) is 0.915. The summed E-state index contributed by atoms with van der Waals surface area (Å²) < 4.78 is 1.78. The van der Waals surface area contributed by atoms with Crippen LogP contribution in [0.15, 0.2) is 0 Å². The van der Waals surface area contributed by atoms with E-state index in [-0.39, 0.29) is 0 Å². The van der Waals surface area contributed by atoms with Crippen LogP contribution in [0.1, 0.15) is 12.8 Å². The van der Waals surface area contributed by atoms with Crippen molar-refractivity contribution in [1.82, 2.24) is 9.55 Å². The van der Waals surface area contributed by atoms with Gasteiger partial charge < -0.3 is 4.57 Å². The highest BCUT2D eigenvalue weighted by atomic mass is 35.5. The SMILES string of the molecule is Clc1n[c]n(CC2CC2)c1Cl. The lowest BCUT2D eigenvalue weighted by Crippen LogP contribution is -1.97. The Hall–Kier alpha value is -0.210. The molecule has 1 aliphatic rings. The van der Waals surface area contributed by atoms with Crippen molar-refractivity contribution in [2.45, 2.75) is 19.4 Å². The van der Waals surface area contributed by atoms with Gasteiger partial charge in [-0.1, -0.05) is 23.2 Å². The molecule has 1 aliphatic carbocycles. The molecule has 0 N–H and O–H groups in total. The molecule has 1 aromatic rings. The van der Waals surface area contributed by atoms with Crippen molar-refractivity contribution in [2.75, 3.05) is 0 Å². The van der Waals surface area contributed by atoms with Crippen LogP contribution in [-0.4, -0.2) is 9.55 Å². The Morgan fingerprint density at radius 1 is 1.55 bits per heavy atom. The third-order valence-electron chi connectivity index (χ3n) is 1.81. The van der Waals surface area contributed by atoms with Gasteiger partial charge in [0.05, 0.1) is 0 Å². The molecule has 0 aromatic carbocycles. The van der Waals surface area contributed by atoms with Gasteiger partial charge in [-0.3, -0.25) is 0 Å². The number of aromatic nitrogens is 2. The maximum atomic E-state index is 5.82. The van der Waals surface area contributed by atoms with Crippen molar-refractivity contribution >= 4 is 23.2 Å². The molecule has 1 fully saturated rings. The normalized spacial score (nSPS) is 17.3. The maximum absolute atomic E-state index is 5.82. The lowest BCUT2D eigenvalue weighted by molar-refractivity contribution is 0.623. The fourth-order valence-electron chi connectivity index (χ4n) is 0.985. The zero-order valence-electron chi connectivity index (χ0n) is 5.85. The van der Waals surface area contributed by atoms with Crippen LogP contribution in [0.25, 0.3) is 0 Å². The van der Waals surface area contributed by atoms with Crippen molar-refractivity contribution < 1.29 is 0 Å². The van der Waals surface area contributed by atoms with E-state index in [2.05, 4.69) is 11.3 Å². The van der Waals surface area contributed by atoms with Crippen molar-refractivity contribution in [3.63, 3.8) is 0 Å². The van der Waals surface area contributed by atoms with Gasteiger partial charge in [-0.2, -0.15) is 0 Å². The van der Waals surface area contributed by atoms with Gasteiger partial charge in [0.25, 0.3) is 0 Å². The molecule has 2 nitrogen and oxygen atoms in total. The van der Waals surface area contributed by atoms with Crippen LogP contribution in [0.2, 0.25) is 10.3 Å². The van der Waals surface area contributed by atoms with Gasteiger partial charge in [-0.25, -0.2) is 4.98 Å². The average molecular weight is 190 g/mol. The highest BCUT2D eigenvalue weighted by molar-refractivity contribution is 6.40. The monoisotopic (exact) mass is 189 g/mol. The zero-order valence-corrected chi connectivity index (χ0v) is 7.36. The predicted molar refractivity (Wildman–Crippen MR) is 43.8 cm³/mol. The van der Waals surface area contributed by atoms with Gasteiger partial charge in [-0.15, -0.1) is 0 Å². The first-order valence-corrected chi connectivity index (χ1v) is 4.32. The standard InChI is InChI=1S/C7H7Cl2N2/c8-6-7(9)11(4-10-6)3-5-1-2-5/h5H,1-3H2. The predicted octanol–water partition coefficient (Wildman–Crippen LogP) is 2.40. The number of hydrogen-bond acceptors (Lipinski definition) is 1. The number of imidazole rings is 1. The van der Waals surface area contributed by atoms with Gasteiger partial charge in [0.2, 0.25) is 0 Å². The lowest BCUT2D eigenvalue weighted by atomic mass is 10.4. The Labute approximate surface area is 75.1 Å². The van der Waals surface area contributed by atoms with Crippen molar-refractivity contribution in [3.8, 4) is 0 Å². The first-order valence-electron chi connectivity index (χ1n) is 3.56. The topological polar surface area (TPSA) is 17.8 Å². The summed E-state index contributed by atoms with van der Waals surface area (Å²) in [5, 5.41) is 0.867.